The average Bonchev–Trinajstić information content (AvgIpc) is 0.811. The summed E-state index contributed by atoms with van der Waals surface area (Å²) < 4.78 is 25.2. The van der Waals surface area contributed by atoms with E-state index in [0.717, 1.165) is 0 Å². The largest absolute Gasteiger partial charge is 1.00 e. The van der Waals surface area contributed by atoms with Gasteiger partial charge in [0, 0.05) is 0 Å². The van der Waals surface area contributed by atoms with Gasteiger partial charge in [0.15, 0.2) is 0 Å². The molecular formula is Cl2O3. The van der Waals surface area contributed by atoms with E-state index in [-0.39, 0.29) is 12.4 Å². The van der Waals surface area contributed by atoms with Crippen molar-refractivity contribution in [1.82, 2.24) is 0 Å². The van der Waals surface area contributed by atoms with E-state index in [1.165, 1.54) is 0 Å². The van der Waals surface area contributed by atoms with Crippen LogP contribution in [0.25, 0.3) is 0 Å². The second-order valence-corrected chi connectivity index (χ2v) is 0.567. The van der Waals surface area contributed by atoms with Gasteiger partial charge in [-0.3, -0.25) is 0 Å². The molecule has 0 aromatic heterocycles. The molecule has 0 N–H and O–H groups in total. The third-order valence-corrected chi connectivity index (χ3v) is 0. The van der Waals surface area contributed by atoms with E-state index >= 15 is 0 Å². The molecule has 3 nitrogen and oxygen atoms in total. The molecular weight excluding hydrogens is 119 g/mol. The van der Waals surface area contributed by atoms with Gasteiger partial charge < -0.3 is 14.0 Å². The Kier molecular flexibility index (Phi) is 8.09. The Morgan fingerprint density at radius 3 is 1.00 bits per heavy atom. The van der Waals surface area contributed by atoms with Crippen molar-refractivity contribution in [2.45, 2.75) is 0 Å². The van der Waals surface area contributed by atoms with Crippen LogP contribution in [-0.4, -0.2) is 0 Å². The summed E-state index contributed by atoms with van der Waals surface area (Å²) in [5, 5.41) is 0. The number of halogens is 2. The molecule has 0 unspecified atom stereocenters. The molecule has 5 heteroatoms. The average molecular weight is 119 g/mol. The van der Waals surface area contributed by atoms with Crippen LogP contribution in [0.2, 0.25) is 0 Å². The molecule has 0 fully saturated rings. The van der Waals surface area contributed by atoms with Crippen LogP contribution in [0, 0.1) is 23.2 Å². The predicted molar refractivity (Wildman–Crippen MR) is 0 cm³/mol. The number of hydrogen-bond acceptors (Lipinski definition) is 3. The first-order valence-corrected chi connectivity index (χ1v) is 1.39. The Hall–Kier alpha value is 0.460. The van der Waals surface area contributed by atoms with Gasteiger partial charge in [-0.05, 0) is 0 Å². The highest BCUT2D eigenvalue weighted by molar-refractivity contribution is 1.73. The first-order valence-electron chi connectivity index (χ1n) is 0.463. The molecule has 0 rings (SSSR count). The summed E-state index contributed by atoms with van der Waals surface area (Å²) in [6, 6.07) is 0. The van der Waals surface area contributed by atoms with Crippen molar-refractivity contribution < 1.29 is 37.2 Å². The molecule has 0 amide bonds. The van der Waals surface area contributed by atoms with Gasteiger partial charge in [-0.25, -0.2) is 0 Å². The van der Waals surface area contributed by atoms with E-state index in [1.807, 2.05) is 0 Å². The normalized spacial score (nSPS) is 7.20. The lowest BCUT2D eigenvalue weighted by atomic mass is 15.8. The first kappa shape index (κ1) is 9.07. The second-order valence-electron chi connectivity index (χ2n) is 0.189. The van der Waals surface area contributed by atoms with Crippen molar-refractivity contribution in [3.05, 3.63) is 0 Å². The van der Waals surface area contributed by atoms with E-state index in [2.05, 4.69) is 0 Å². The molecule has 0 saturated heterocycles. The highest BCUT2D eigenvalue weighted by atomic mass is 35.6. The van der Waals surface area contributed by atoms with E-state index in [4.69, 9.17) is 14.0 Å². The predicted octanol–water partition coefficient (Wildman–Crippen LogP) is -3.57. The SMILES string of the molecule is [Cl+].[O-][Cl+2]([O-])[O-]. The standard InChI is InChI=1S/ClO3.Cl/c2-1(3)4;/q-1;+1. The molecule has 0 aliphatic heterocycles. The summed E-state index contributed by atoms with van der Waals surface area (Å²) in [7, 11) is -2.85. The summed E-state index contributed by atoms with van der Waals surface area (Å²) in [5.41, 5.74) is 0. The van der Waals surface area contributed by atoms with Gasteiger partial charge in [-0.15, -0.1) is 0 Å². The molecule has 0 aromatic carbocycles. The van der Waals surface area contributed by atoms with Gasteiger partial charge in [0.1, 0.15) is 0 Å². The Bertz CT molecular complexity index is 9.61. The molecule has 0 atom stereocenters. The van der Waals surface area contributed by atoms with Crippen LogP contribution in [0.3, 0.4) is 0 Å². The molecule has 0 aliphatic carbocycles. The maximum atomic E-state index is 8.41. The molecule has 0 saturated carbocycles. The smallest absolute Gasteiger partial charge is 0.357 e. The summed E-state index contributed by atoms with van der Waals surface area (Å²) in [6.07, 6.45) is 0. The lowest BCUT2D eigenvalue weighted by molar-refractivity contribution is -1.73. The Morgan fingerprint density at radius 2 is 1.00 bits per heavy atom. The maximum absolute atomic E-state index is 8.41. The van der Waals surface area contributed by atoms with Gasteiger partial charge in [0.2, 0.25) is 0 Å². The number of hydrogen-bond donors (Lipinski definition) is 0. The van der Waals surface area contributed by atoms with Crippen molar-refractivity contribution in [3.63, 3.8) is 0 Å². The summed E-state index contributed by atoms with van der Waals surface area (Å²) in [6.45, 7) is 0. The highest BCUT2D eigenvalue weighted by Crippen LogP contribution is 1.24. The van der Waals surface area contributed by atoms with Crippen molar-refractivity contribution in [2.75, 3.05) is 0 Å². The van der Waals surface area contributed by atoms with Gasteiger partial charge in [0.25, 0.3) is 0 Å². The van der Waals surface area contributed by atoms with Crippen LogP contribution in [0.4, 0.5) is 0 Å². The summed E-state index contributed by atoms with van der Waals surface area (Å²) >= 11 is 0. The monoisotopic (exact) mass is 118 g/mol. The third-order valence-electron chi connectivity index (χ3n) is 0. The fraction of sp³-hybridized carbons (Fsp3) is 0. The van der Waals surface area contributed by atoms with E-state index < -0.39 is 10.8 Å². The number of rotatable bonds is 0. The Balaban J connectivity index is 0. The minimum atomic E-state index is -2.85. The first-order chi connectivity index (χ1) is 1.73. The molecule has 0 heterocycles. The molecule has 0 bridgehead atoms. The van der Waals surface area contributed by atoms with Crippen LogP contribution in [0.5, 0.6) is 0 Å². The van der Waals surface area contributed by atoms with Crippen LogP contribution < -0.4 is 14.0 Å². The lowest BCUT2D eigenvalue weighted by Crippen LogP contribution is -2.42. The Labute approximate surface area is 38.0 Å². The van der Waals surface area contributed by atoms with Gasteiger partial charge >= 0.3 is 12.4 Å². The van der Waals surface area contributed by atoms with E-state index in [0.29, 0.717) is 0 Å². The molecule has 5 heavy (non-hydrogen) atoms. The highest BCUT2D eigenvalue weighted by Gasteiger charge is 1.60. The minimum absolute atomic E-state index is 0. The fourth-order valence-corrected chi connectivity index (χ4v) is 0. The molecule has 0 aromatic rings. The molecule has 32 valence electrons. The zero-order valence-corrected chi connectivity index (χ0v) is 3.49. The zero-order chi connectivity index (χ0) is 3.58. The van der Waals surface area contributed by atoms with Crippen molar-refractivity contribution >= 4 is 0 Å². The van der Waals surface area contributed by atoms with Crippen LogP contribution in [-0.2, 0) is 0 Å². The van der Waals surface area contributed by atoms with Gasteiger partial charge in [-0.1, -0.05) is 0 Å². The van der Waals surface area contributed by atoms with Crippen LogP contribution >= 0.6 is 0 Å². The molecule has 0 aliphatic rings. The maximum Gasteiger partial charge on any atom is 1.00 e. The van der Waals surface area contributed by atoms with Crippen molar-refractivity contribution in [3.8, 4) is 0 Å². The Morgan fingerprint density at radius 1 is 1.00 bits per heavy atom. The van der Waals surface area contributed by atoms with Crippen LogP contribution in [0.1, 0.15) is 0 Å². The van der Waals surface area contributed by atoms with E-state index in [1.54, 1.807) is 0 Å². The van der Waals surface area contributed by atoms with Gasteiger partial charge in [0.05, 0.1) is 10.8 Å². The molecule has 0 spiro atoms. The minimum Gasteiger partial charge on any atom is -0.357 e. The van der Waals surface area contributed by atoms with Crippen molar-refractivity contribution in [2.24, 2.45) is 0 Å². The third kappa shape index (κ3) is 128. The van der Waals surface area contributed by atoms with Crippen molar-refractivity contribution in [1.29, 1.82) is 0 Å². The summed E-state index contributed by atoms with van der Waals surface area (Å²) in [4.78, 5) is 0. The van der Waals surface area contributed by atoms with Crippen LogP contribution in [0.15, 0.2) is 0 Å². The second kappa shape index (κ2) is 4.46. The zero-order valence-electron chi connectivity index (χ0n) is 1.98. The quantitative estimate of drug-likeness (QED) is 0.331. The molecule has 2 radical (unpaired) electrons. The topological polar surface area (TPSA) is 69.2 Å². The van der Waals surface area contributed by atoms with E-state index in [9.17, 15) is 0 Å². The summed E-state index contributed by atoms with van der Waals surface area (Å²) in [5.74, 6) is 0. The van der Waals surface area contributed by atoms with Gasteiger partial charge in [-0.2, -0.15) is 0 Å². The fourth-order valence-electron chi connectivity index (χ4n) is 0. The lowest BCUT2D eigenvalue weighted by Gasteiger charge is -1.89.